The predicted octanol–water partition coefficient (Wildman–Crippen LogP) is 6.04. The molecule has 0 bridgehead atoms. The molecule has 4 rings (SSSR count). The maximum atomic E-state index is 13.6. The summed E-state index contributed by atoms with van der Waals surface area (Å²) in [4.78, 5) is 17.0. The van der Waals surface area contributed by atoms with Gasteiger partial charge in [-0.15, -0.1) is 0 Å². The zero-order valence-electron chi connectivity index (χ0n) is 18.3. The number of amides is 1. The summed E-state index contributed by atoms with van der Waals surface area (Å²) >= 11 is 0. The molecule has 0 saturated carbocycles. The maximum Gasteiger partial charge on any atom is 0.416 e. The average Bonchev–Trinajstić information content (AvgIpc) is 3.29. The third kappa shape index (κ3) is 5.65. The minimum absolute atomic E-state index is 0.148. The van der Waals surface area contributed by atoms with Crippen molar-refractivity contribution in [3.63, 3.8) is 0 Å². The fourth-order valence-corrected chi connectivity index (χ4v) is 4.62. The molecule has 2 fully saturated rings. The number of carbonyl (C=O) groups is 1. The summed E-state index contributed by atoms with van der Waals surface area (Å²) in [5, 5.41) is 2.29. The van der Waals surface area contributed by atoms with Crippen LogP contribution in [0.25, 0.3) is 0 Å². The molecule has 1 atom stereocenters. The van der Waals surface area contributed by atoms with E-state index in [-0.39, 0.29) is 23.0 Å². The SMILES string of the molecule is O=C(Nc1cccc(C(F)(F)F)c1)c1cc(N2CCC(N3CCCCC3)C2)cc(C(F)(F)F)c1. The molecule has 2 aliphatic heterocycles. The molecule has 0 aromatic heterocycles. The molecule has 4 nitrogen and oxygen atoms in total. The fraction of sp³-hybridized carbons (Fsp3) is 0.458. The quantitative estimate of drug-likeness (QED) is 0.537. The summed E-state index contributed by atoms with van der Waals surface area (Å²) < 4.78 is 79.7. The van der Waals surface area contributed by atoms with E-state index < -0.39 is 29.4 Å². The van der Waals surface area contributed by atoms with Crippen LogP contribution in [-0.4, -0.2) is 43.0 Å². The van der Waals surface area contributed by atoms with Gasteiger partial charge in [0.25, 0.3) is 5.91 Å². The number of halogens is 6. The molecule has 2 aromatic rings. The summed E-state index contributed by atoms with van der Waals surface area (Å²) in [6.07, 6.45) is -5.05. The van der Waals surface area contributed by atoms with Crippen molar-refractivity contribution in [1.82, 2.24) is 4.90 Å². The van der Waals surface area contributed by atoms with Crippen molar-refractivity contribution in [2.24, 2.45) is 0 Å². The van der Waals surface area contributed by atoms with Crippen LogP contribution in [0.1, 0.15) is 47.2 Å². The summed E-state index contributed by atoms with van der Waals surface area (Å²) in [5.74, 6) is -0.904. The minimum atomic E-state index is -4.67. The third-order valence-corrected chi connectivity index (χ3v) is 6.39. The first-order valence-corrected chi connectivity index (χ1v) is 11.2. The van der Waals surface area contributed by atoms with Crippen LogP contribution in [-0.2, 0) is 12.4 Å². The van der Waals surface area contributed by atoms with Gasteiger partial charge in [0.2, 0.25) is 0 Å². The second-order valence-electron chi connectivity index (χ2n) is 8.78. The van der Waals surface area contributed by atoms with Crippen molar-refractivity contribution < 1.29 is 31.1 Å². The molecule has 1 amide bonds. The summed E-state index contributed by atoms with van der Waals surface area (Å²) in [6.45, 7) is 3.09. The standard InChI is InChI=1S/C24H25F6N3O/c25-23(26,27)17-5-4-6-19(13-17)31-22(34)16-11-18(24(28,29)30)14-21(12-16)33-10-7-20(15-33)32-8-2-1-3-9-32/h4-6,11-14,20H,1-3,7-10,15H2,(H,31,34). The van der Waals surface area contributed by atoms with Gasteiger partial charge in [0.05, 0.1) is 11.1 Å². The number of nitrogens with one attached hydrogen (secondary N) is 1. The van der Waals surface area contributed by atoms with Gasteiger partial charge < -0.3 is 10.2 Å². The van der Waals surface area contributed by atoms with Gasteiger partial charge in [0, 0.05) is 36.1 Å². The van der Waals surface area contributed by atoms with Crippen molar-refractivity contribution in [3.8, 4) is 0 Å². The lowest BCUT2D eigenvalue weighted by Crippen LogP contribution is -2.40. The average molecular weight is 485 g/mol. The molecule has 1 unspecified atom stereocenters. The Labute approximate surface area is 193 Å². The van der Waals surface area contributed by atoms with Crippen molar-refractivity contribution in [2.75, 3.05) is 36.4 Å². The number of likely N-dealkylation sites (tertiary alicyclic amines) is 1. The van der Waals surface area contributed by atoms with Gasteiger partial charge in [0.1, 0.15) is 0 Å². The Bertz CT molecular complexity index is 1030. The first-order chi connectivity index (χ1) is 16.0. The number of rotatable bonds is 4. The number of anilines is 2. The van der Waals surface area contributed by atoms with Crippen LogP contribution < -0.4 is 10.2 Å². The van der Waals surface area contributed by atoms with Gasteiger partial charge >= 0.3 is 12.4 Å². The Morgan fingerprint density at radius 2 is 1.56 bits per heavy atom. The van der Waals surface area contributed by atoms with Gasteiger partial charge in [-0.2, -0.15) is 26.3 Å². The first kappa shape index (κ1) is 24.4. The molecular weight excluding hydrogens is 460 g/mol. The van der Waals surface area contributed by atoms with E-state index in [1.54, 1.807) is 0 Å². The lowest BCUT2D eigenvalue weighted by Gasteiger charge is -2.32. The Kier molecular flexibility index (Phi) is 6.80. The topological polar surface area (TPSA) is 35.6 Å². The number of benzene rings is 2. The largest absolute Gasteiger partial charge is 0.416 e. The number of carbonyl (C=O) groups excluding carboxylic acids is 1. The van der Waals surface area contributed by atoms with E-state index in [1.165, 1.54) is 18.6 Å². The smallest absolute Gasteiger partial charge is 0.370 e. The van der Waals surface area contributed by atoms with E-state index in [0.29, 0.717) is 13.1 Å². The molecule has 0 aliphatic carbocycles. The van der Waals surface area contributed by atoms with Crippen LogP contribution >= 0.6 is 0 Å². The summed E-state index contributed by atoms with van der Waals surface area (Å²) in [7, 11) is 0. The molecule has 1 N–H and O–H groups in total. The molecule has 184 valence electrons. The summed E-state index contributed by atoms with van der Waals surface area (Å²) in [6, 6.07) is 7.35. The molecular formula is C24H25F6N3O. The van der Waals surface area contributed by atoms with E-state index in [9.17, 15) is 31.1 Å². The Morgan fingerprint density at radius 1 is 0.853 bits per heavy atom. The highest BCUT2D eigenvalue weighted by molar-refractivity contribution is 6.05. The van der Waals surface area contributed by atoms with Gasteiger partial charge in [-0.25, -0.2) is 0 Å². The van der Waals surface area contributed by atoms with Crippen molar-refractivity contribution >= 4 is 17.3 Å². The highest BCUT2D eigenvalue weighted by Gasteiger charge is 2.35. The second-order valence-corrected chi connectivity index (χ2v) is 8.78. The minimum Gasteiger partial charge on any atom is -0.370 e. The van der Waals surface area contributed by atoms with Crippen LogP contribution in [0, 0.1) is 0 Å². The van der Waals surface area contributed by atoms with Crippen molar-refractivity contribution in [3.05, 3.63) is 59.2 Å². The van der Waals surface area contributed by atoms with E-state index in [0.717, 1.165) is 62.7 Å². The Hall–Kier alpha value is -2.75. The van der Waals surface area contributed by atoms with E-state index in [1.807, 2.05) is 4.90 Å². The zero-order valence-corrected chi connectivity index (χ0v) is 18.3. The molecule has 10 heteroatoms. The van der Waals surface area contributed by atoms with Crippen LogP contribution in [0.4, 0.5) is 37.7 Å². The molecule has 2 aromatic carbocycles. The fourth-order valence-electron chi connectivity index (χ4n) is 4.62. The monoisotopic (exact) mass is 485 g/mol. The van der Waals surface area contributed by atoms with E-state index in [4.69, 9.17) is 0 Å². The first-order valence-electron chi connectivity index (χ1n) is 11.2. The van der Waals surface area contributed by atoms with Gasteiger partial charge in [-0.3, -0.25) is 9.69 Å². The number of alkyl halides is 6. The number of piperidine rings is 1. The van der Waals surface area contributed by atoms with Crippen LogP contribution in [0.15, 0.2) is 42.5 Å². The maximum absolute atomic E-state index is 13.6. The van der Waals surface area contributed by atoms with Crippen molar-refractivity contribution in [2.45, 2.75) is 44.1 Å². The second kappa shape index (κ2) is 9.48. The number of nitrogens with zero attached hydrogens (tertiary/aromatic N) is 2. The molecule has 0 radical (unpaired) electrons. The highest BCUT2D eigenvalue weighted by atomic mass is 19.4. The van der Waals surface area contributed by atoms with Gasteiger partial charge in [-0.1, -0.05) is 12.5 Å². The Balaban J connectivity index is 1.57. The third-order valence-electron chi connectivity index (χ3n) is 6.39. The van der Waals surface area contributed by atoms with Crippen LogP contribution in [0.5, 0.6) is 0 Å². The lowest BCUT2D eigenvalue weighted by molar-refractivity contribution is -0.138. The normalized spacial score (nSPS) is 19.9. The van der Waals surface area contributed by atoms with E-state index in [2.05, 4.69) is 10.2 Å². The zero-order chi connectivity index (χ0) is 24.5. The number of hydrogen-bond donors (Lipinski definition) is 1. The predicted molar refractivity (Wildman–Crippen MR) is 117 cm³/mol. The van der Waals surface area contributed by atoms with Gasteiger partial charge in [-0.05, 0) is 68.8 Å². The van der Waals surface area contributed by atoms with Crippen molar-refractivity contribution in [1.29, 1.82) is 0 Å². The molecule has 34 heavy (non-hydrogen) atoms. The van der Waals surface area contributed by atoms with Crippen LogP contribution in [0.2, 0.25) is 0 Å². The summed E-state index contributed by atoms with van der Waals surface area (Å²) in [5.41, 5.74) is -2.06. The van der Waals surface area contributed by atoms with Crippen LogP contribution in [0.3, 0.4) is 0 Å². The Morgan fingerprint density at radius 3 is 2.24 bits per heavy atom. The number of hydrogen-bond acceptors (Lipinski definition) is 3. The highest BCUT2D eigenvalue weighted by Crippen LogP contribution is 2.35. The molecule has 2 saturated heterocycles. The molecule has 2 heterocycles. The lowest BCUT2D eigenvalue weighted by atomic mass is 10.1. The van der Waals surface area contributed by atoms with E-state index >= 15 is 0 Å². The molecule has 2 aliphatic rings. The molecule has 0 spiro atoms. The van der Waals surface area contributed by atoms with Gasteiger partial charge in [0.15, 0.2) is 0 Å².